The zero-order valence-corrected chi connectivity index (χ0v) is 15.7. The molecule has 1 N–H and O–H groups in total. The molecule has 130 valence electrons. The van der Waals surface area contributed by atoms with Crippen molar-refractivity contribution >= 4 is 0 Å². The van der Waals surface area contributed by atoms with Gasteiger partial charge in [0.05, 0.1) is 6.04 Å². The molecule has 0 spiro atoms. The molecule has 0 bridgehead atoms. The second-order valence-electron chi connectivity index (χ2n) is 7.43. The Bertz CT molecular complexity index is 508. The van der Waals surface area contributed by atoms with Crippen LogP contribution in [-0.2, 0) is 0 Å². The summed E-state index contributed by atoms with van der Waals surface area (Å²) < 4.78 is 13.9. The maximum atomic E-state index is 13.9. The molecule has 1 aliphatic rings. The zero-order valence-electron chi connectivity index (χ0n) is 15.7. The van der Waals surface area contributed by atoms with Crippen molar-refractivity contribution in [3.8, 4) is 0 Å². The van der Waals surface area contributed by atoms with Gasteiger partial charge in [0, 0.05) is 24.5 Å². The number of alkyl halides is 1. The van der Waals surface area contributed by atoms with E-state index < -0.39 is 5.67 Å². The Balaban J connectivity index is 2.81. The van der Waals surface area contributed by atoms with Gasteiger partial charge in [0.2, 0.25) is 0 Å². The highest BCUT2D eigenvalue weighted by Gasteiger charge is 2.25. The molecule has 1 heterocycles. The molecule has 0 aromatic carbocycles. The van der Waals surface area contributed by atoms with Crippen molar-refractivity contribution in [2.45, 2.75) is 59.7 Å². The summed E-state index contributed by atoms with van der Waals surface area (Å²) in [6.07, 6.45) is 5.37. The Hall–Kier alpha value is -1.51. The molecule has 0 amide bonds. The molecular weight excluding hydrogens is 287 g/mol. The van der Waals surface area contributed by atoms with Gasteiger partial charge in [-0.15, -0.1) is 0 Å². The average molecular weight is 320 g/mol. The molecule has 2 unspecified atom stereocenters. The summed E-state index contributed by atoms with van der Waals surface area (Å²) in [4.78, 5) is 2.39. The lowest BCUT2D eigenvalue weighted by molar-refractivity contribution is 0.166. The second kappa shape index (κ2) is 7.85. The number of rotatable bonds is 7. The molecule has 1 fully saturated rings. The van der Waals surface area contributed by atoms with Gasteiger partial charge in [-0.05, 0) is 64.2 Å². The molecule has 0 aromatic heterocycles. The normalized spacial score (nSPS) is 21.3. The lowest BCUT2D eigenvalue weighted by Gasteiger charge is -2.26. The highest BCUT2D eigenvalue weighted by Crippen LogP contribution is 2.24. The predicted octanol–water partition coefficient (Wildman–Crippen LogP) is 4.97. The van der Waals surface area contributed by atoms with Gasteiger partial charge in [-0.1, -0.05) is 26.2 Å². The molecule has 1 rings (SSSR count). The summed E-state index contributed by atoms with van der Waals surface area (Å²) >= 11 is 0. The maximum Gasteiger partial charge on any atom is 0.125 e. The van der Waals surface area contributed by atoms with E-state index in [4.69, 9.17) is 0 Å². The van der Waals surface area contributed by atoms with E-state index in [2.05, 4.69) is 36.4 Å². The highest BCUT2D eigenvalue weighted by molar-refractivity contribution is 5.35. The second-order valence-corrected chi connectivity index (χ2v) is 7.43. The minimum atomic E-state index is -1.28. The number of likely N-dealkylation sites (tertiary alicyclic amines) is 1. The first-order valence-electron chi connectivity index (χ1n) is 8.46. The van der Waals surface area contributed by atoms with E-state index in [1.807, 2.05) is 26.8 Å². The van der Waals surface area contributed by atoms with Crippen molar-refractivity contribution < 1.29 is 4.39 Å². The Morgan fingerprint density at radius 3 is 2.35 bits per heavy atom. The van der Waals surface area contributed by atoms with Gasteiger partial charge in [-0.25, -0.2) is 4.39 Å². The standard InChI is InChI=1S/C20H33FN2/c1-14(2)19(23-12-11-15(3)13-23)10-9-16(4)17(5)22-18(6)20(7,8)21/h9-10,15,18,22H,1,5,11-13H2,2-4,6-8H3/b16-9+,19-10+. The van der Waals surface area contributed by atoms with Crippen LogP contribution in [0, 0.1) is 5.92 Å². The maximum absolute atomic E-state index is 13.9. The number of halogens is 1. The summed E-state index contributed by atoms with van der Waals surface area (Å²) in [7, 11) is 0. The van der Waals surface area contributed by atoms with Gasteiger partial charge in [0.15, 0.2) is 0 Å². The minimum Gasteiger partial charge on any atom is -0.380 e. The van der Waals surface area contributed by atoms with Gasteiger partial charge in [0.1, 0.15) is 5.67 Å². The van der Waals surface area contributed by atoms with Crippen LogP contribution in [-0.4, -0.2) is 29.7 Å². The van der Waals surface area contributed by atoms with Crippen LogP contribution in [0.1, 0.15) is 48.0 Å². The van der Waals surface area contributed by atoms with Crippen LogP contribution in [0.4, 0.5) is 4.39 Å². The van der Waals surface area contributed by atoms with Crippen LogP contribution in [0.5, 0.6) is 0 Å². The summed E-state index contributed by atoms with van der Waals surface area (Å²) in [6.45, 7) is 21.6. The fourth-order valence-electron chi connectivity index (χ4n) is 2.52. The first-order chi connectivity index (χ1) is 10.5. The molecule has 1 saturated heterocycles. The van der Waals surface area contributed by atoms with Crippen LogP contribution < -0.4 is 5.32 Å². The van der Waals surface area contributed by atoms with E-state index in [-0.39, 0.29) is 6.04 Å². The van der Waals surface area contributed by atoms with Crippen molar-refractivity contribution in [2.24, 2.45) is 5.92 Å². The van der Waals surface area contributed by atoms with Gasteiger partial charge in [0.25, 0.3) is 0 Å². The summed E-state index contributed by atoms with van der Waals surface area (Å²) in [6, 6.07) is -0.289. The molecule has 0 aliphatic carbocycles. The third-order valence-corrected chi connectivity index (χ3v) is 4.59. The molecule has 3 heteroatoms. The molecule has 0 saturated carbocycles. The lowest BCUT2D eigenvalue weighted by Crippen LogP contribution is -2.40. The van der Waals surface area contributed by atoms with E-state index in [0.29, 0.717) is 0 Å². The number of nitrogens with one attached hydrogen (secondary N) is 1. The number of nitrogens with zero attached hydrogens (tertiary/aromatic N) is 1. The highest BCUT2D eigenvalue weighted by atomic mass is 19.1. The van der Waals surface area contributed by atoms with Crippen molar-refractivity contribution in [1.29, 1.82) is 0 Å². The predicted molar refractivity (Wildman–Crippen MR) is 98.9 cm³/mol. The van der Waals surface area contributed by atoms with E-state index in [0.717, 1.165) is 35.9 Å². The SMILES string of the molecule is C=C(NC(C)C(C)(C)F)/C(C)=C/C=C(\C(=C)C)N1CCC(C)C1. The number of hydrogen-bond acceptors (Lipinski definition) is 2. The first kappa shape index (κ1) is 19.5. The van der Waals surface area contributed by atoms with E-state index in [1.54, 1.807) is 13.8 Å². The van der Waals surface area contributed by atoms with Gasteiger partial charge in [-0.2, -0.15) is 0 Å². The molecule has 1 aliphatic heterocycles. The third kappa shape index (κ3) is 5.89. The lowest BCUT2D eigenvalue weighted by atomic mass is 10.0. The van der Waals surface area contributed by atoms with Crippen LogP contribution in [0.2, 0.25) is 0 Å². The summed E-state index contributed by atoms with van der Waals surface area (Å²) in [5.74, 6) is 0.729. The van der Waals surface area contributed by atoms with Crippen molar-refractivity contribution in [3.05, 3.63) is 47.9 Å². The van der Waals surface area contributed by atoms with Crippen molar-refractivity contribution in [1.82, 2.24) is 10.2 Å². The number of hydrogen-bond donors (Lipinski definition) is 1. The Kier molecular flexibility index (Phi) is 6.67. The fraction of sp³-hybridized carbons (Fsp3) is 0.600. The Morgan fingerprint density at radius 2 is 1.91 bits per heavy atom. The molecule has 2 nitrogen and oxygen atoms in total. The molecular formula is C20H33FN2. The number of allylic oxidation sites excluding steroid dienone is 4. The van der Waals surface area contributed by atoms with E-state index in [1.165, 1.54) is 12.1 Å². The van der Waals surface area contributed by atoms with E-state index >= 15 is 0 Å². The van der Waals surface area contributed by atoms with Crippen molar-refractivity contribution in [2.75, 3.05) is 13.1 Å². The molecule has 2 atom stereocenters. The Labute approximate surface area is 141 Å². The van der Waals surface area contributed by atoms with Crippen LogP contribution in [0.3, 0.4) is 0 Å². The summed E-state index contributed by atoms with van der Waals surface area (Å²) in [5.41, 5.74) is 2.73. The fourth-order valence-corrected chi connectivity index (χ4v) is 2.52. The molecule has 0 aromatic rings. The van der Waals surface area contributed by atoms with Gasteiger partial charge in [-0.3, -0.25) is 0 Å². The van der Waals surface area contributed by atoms with Crippen LogP contribution in [0.25, 0.3) is 0 Å². The third-order valence-electron chi connectivity index (χ3n) is 4.59. The Morgan fingerprint density at radius 1 is 1.30 bits per heavy atom. The molecule has 0 radical (unpaired) electrons. The van der Waals surface area contributed by atoms with Gasteiger partial charge < -0.3 is 10.2 Å². The zero-order chi connectivity index (χ0) is 17.8. The first-order valence-corrected chi connectivity index (χ1v) is 8.46. The van der Waals surface area contributed by atoms with Crippen LogP contribution >= 0.6 is 0 Å². The topological polar surface area (TPSA) is 15.3 Å². The quantitative estimate of drug-likeness (QED) is 0.666. The smallest absolute Gasteiger partial charge is 0.125 e. The average Bonchev–Trinajstić information content (AvgIpc) is 2.83. The monoisotopic (exact) mass is 320 g/mol. The van der Waals surface area contributed by atoms with Gasteiger partial charge >= 0.3 is 0 Å². The van der Waals surface area contributed by atoms with Crippen LogP contribution in [0.15, 0.2) is 47.9 Å². The largest absolute Gasteiger partial charge is 0.380 e. The summed E-state index contributed by atoms with van der Waals surface area (Å²) in [5, 5.41) is 3.15. The molecule has 23 heavy (non-hydrogen) atoms. The van der Waals surface area contributed by atoms with Crippen molar-refractivity contribution in [3.63, 3.8) is 0 Å². The van der Waals surface area contributed by atoms with E-state index in [9.17, 15) is 4.39 Å². The minimum absolute atomic E-state index is 0.289.